The third-order valence-corrected chi connectivity index (χ3v) is 5.62. The zero-order valence-corrected chi connectivity index (χ0v) is 19.7. The highest BCUT2D eigenvalue weighted by Crippen LogP contribution is 2.11. The first-order chi connectivity index (χ1) is 15.4. The molecule has 0 saturated heterocycles. The van der Waals surface area contributed by atoms with Crippen molar-refractivity contribution in [2.24, 2.45) is 5.92 Å². The van der Waals surface area contributed by atoms with Gasteiger partial charge in [0.25, 0.3) is 5.91 Å². The summed E-state index contributed by atoms with van der Waals surface area (Å²) < 4.78 is 5.20. The van der Waals surface area contributed by atoms with Gasteiger partial charge in [0.05, 0.1) is 12.5 Å². The number of esters is 1. The molecule has 0 fully saturated rings. The molecule has 2 aromatic rings. The van der Waals surface area contributed by atoms with E-state index in [0.29, 0.717) is 18.4 Å². The molecule has 0 aliphatic heterocycles. The Morgan fingerprint density at radius 3 is 2.47 bits per heavy atom. The molecule has 0 aliphatic rings. The normalized spacial score (nSPS) is 12.5. The second kappa shape index (κ2) is 13.6. The molecule has 2 atom stereocenters. The van der Waals surface area contributed by atoms with E-state index in [4.69, 9.17) is 4.74 Å². The monoisotopic (exact) mass is 456 g/mol. The van der Waals surface area contributed by atoms with Gasteiger partial charge < -0.3 is 15.4 Å². The van der Waals surface area contributed by atoms with Crippen molar-refractivity contribution in [3.8, 4) is 0 Å². The predicted octanol–water partition coefficient (Wildman–Crippen LogP) is 3.38. The molecule has 7 heteroatoms. The number of thioether (sulfide) groups is 1. The molecule has 0 spiro atoms. The molecule has 0 radical (unpaired) electrons. The number of carbonyl (C=O) groups excluding carboxylic acids is 3. The number of hydrogen-bond acceptors (Lipinski definition) is 5. The SMILES string of the molecule is CCOC(=O)C(CNC(=O)C(CCSC)NC(=O)c1cccc(C)c1)Cc1ccccc1. The first-order valence-electron chi connectivity index (χ1n) is 10.8. The van der Waals surface area contributed by atoms with Gasteiger partial charge in [-0.25, -0.2) is 0 Å². The molecule has 2 aromatic carbocycles. The van der Waals surface area contributed by atoms with Crippen LogP contribution in [0.4, 0.5) is 0 Å². The van der Waals surface area contributed by atoms with Crippen molar-refractivity contribution in [2.75, 3.05) is 25.2 Å². The van der Waals surface area contributed by atoms with Crippen LogP contribution in [0.1, 0.15) is 34.8 Å². The zero-order valence-electron chi connectivity index (χ0n) is 18.9. The van der Waals surface area contributed by atoms with Crippen LogP contribution in [0.5, 0.6) is 0 Å². The highest BCUT2D eigenvalue weighted by Gasteiger charge is 2.25. The van der Waals surface area contributed by atoms with Crippen LogP contribution < -0.4 is 10.6 Å². The molecular formula is C25H32N2O4S. The fourth-order valence-corrected chi connectivity index (χ4v) is 3.75. The average Bonchev–Trinajstić information content (AvgIpc) is 2.79. The van der Waals surface area contributed by atoms with Crippen LogP contribution >= 0.6 is 11.8 Å². The number of nitrogens with one attached hydrogen (secondary N) is 2. The number of carbonyl (C=O) groups is 3. The van der Waals surface area contributed by atoms with Gasteiger partial charge >= 0.3 is 5.97 Å². The summed E-state index contributed by atoms with van der Waals surface area (Å²) in [7, 11) is 0. The van der Waals surface area contributed by atoms with E-state index in [0.717, 1.165) is 16.9 Å². The van der Waals surface area contributed by atoms with Crippen LogP contribution in [-0.2, 0) is 20.7 Å². The van der Waals surface area contributed by atoms with E-state index in [2.05, 4.69) is 10.6 Å². The second-order valence-electron chi connectivity index (χ2n) is 7.56. The Bertz CT molecular complexity index is 889. The fraction of sp³-hybridized carbons (Fsp3) is 0.400. The lowest BCUT2D eigenvalue weighted by atomic mass is 9.99. The molecule has 0 aromatic heterocycles. The summed E-state index contributed by atoms with van der Waals surface area (Å²) >= 11 is 1.60. The van der Waals surface area contributed by atoms with Gasteiger partial charge in [0.15, 0.2) is 0 Å². The number of amides is 2. The minimum absolute atomic E-state index is 0.142. The Balaban J connectivity index is 2.05. The van der Waals surface area contributed by atoms with E-state index < -0.39 is 12.0 Å². The maximum atomic E-state index is 12.9. The topological polar surface area (TPSA) is 84.5 Å². The summed E-state index contributed by atoms with van der Waals surface area (Å²) in [5.74, 6) is -0.725. The molecule has 2 rings (SSSR count). The summed E-state index contributed by atoms with van der Waals surface area (Å²) in [6.45, 7) is 4.09. The van der Waals surface area contributed by atoms with Crippen LogP contribution in [0, 0.1) is 12.8 Å². The number of ether oxygens (including phenoxy) is 1. The summed E-state index contributed by atoms with van der Waals surface area (Å²) in [4.78, 5) is 38.1. The molecular weight excluding hydrogens is 424 g/mol. The predicted molar refractivity (Wildman–Crippen MR) is 129 cm³/mol. The molecule has 2 N–H and O–H groups in total. The van der Waals surface area contributed by atoms with Crippen LogP contribution in [0.15, 0.2) is 54.6 Å². The van der Waals surface area contributed by atoms with Gasteiger partial charge in [-0.2, -0.15) is 11.8 Å². The molecule has 0 aliphatic carbocycles. The first-order valence-corrected chi connectivity index (χ1v) is 12.2. The third kappa shape index (κ3) is 8.38. The lowest BCUT2D eigenvalue weighted by Crippen LogP contribution is -2.48. The lowest BCUT2D eigenvalue weighted by Gasteiger charge is -2.21. The average molecular weight is 457 g/mol. The number of hydrogen-bond donors (Lipinski definition) is 2. The first kappa shape index (κ1) is 25.5. The molecule has 0 heterocycles. The maximum absolute atomic E-state index is 12.9. The number of aryl methyl sites for hydroxylation is 1. The van der Waals surface area contributed by atoms with Gasteiger partial charge in [0.2, 0.25) is 5.91 Å². The van der Waals surface area contributed by atoms with E-state index in [-0.39, 0.29) is 30.9 Å². The van der Waals surface area contributed by atoms with Crippen molar-refractivity contribution in [3.63, 3.8) is 0 Å². The Kier molecular flexibility index (Phi) is 10.8. The van der Waals surface area contributed by atoms with E-state index in [1.807, 2.05) is 55.6 Å². The molecule has 0 bridgehead atoms. The minimum atomic E-state index is -0.685. The Labute approximate surface area is 194 Å². The Hall–Kier alpha value is -2.80. The van der Waals surface area contributed by atoms with Gasteiger partial charge in [0, 0.05) is 12.1 Å². The summed E-state index contributed by atoms with van der Waals surface area (Å²) in [5.41, 5.74) is 2.48. The van der Waals surface area contributed by atoms with Crippen LogP contribution in [0.3, 0.4) is 0 Å². The van der Waals surface area contributed by atoms with Gasteiger partial charge in [-0.1, -0.05) is 48.0 Å². The minimum Gasteiger partial charge on any atom is -0.466 e. The highest BCUT2D eigenvalue weighted by atomic mass is 32.2. The molecule has 0 saturated carbocycles. The van der Waals surface area contributed by atoms with E-state index >= 15 is 0 Å². The highest BCUT2D eigenvalue weighted by molar-refractivity contribution is 7.98. The Morgan fingerprint density at radius 1 is 1.06 bits per heavy atom. The van der Waals surface area contributed by atoms with Crippen molar-refractivity contribution in [1.29, 1.82) is 0 Å². The van der Waals surface area contributed by atoms with Crippen molar-refractivity contribution >= 4 is 29.5 Å². The third-order valence-electron chi connectivity index (χ3n) is 4.98. The van der Waals surface area contributed by atoms with E-state index in [1.165, 1.54) is 0 Å². The van der Waals surface area contributed by atoms with Gasteiger partial charge in [-0.3, -0.25) is 14.4 Å². The van der Waals surface area contributed by atoms with Crippen molar-refractivity contribution in [1.82, 2.24) is 10.6 Å². The second-order valence-corrected chi connectivity index (χ2v) is 8.55. The van der Waals surface area contributed by atoms with Crippen molar-refractivity contribution < 1.29 is 19.1 Å². The summed E-state index contributed by atoms with van der Waals surface area (Å²) in [6, 6.07) is 16.2. The molecule has 2 amide bonds. The molecule has 6 nitrogen and oxygen atoms in total. The van der Waals surface area contributed by atoms with Crippen LogP contribution in [0.25, 0.3) is 0 Å². The quantitative estimate of drug-likeness (QED) is 0.478. The number of rotatable bonds is 12. The van der Waals surface area contributed by atoms with Gasteiger partial charge in [-0.05, 0) is 56.4 Å². The summed E-state index contributed by atoms with van der Waals surface area (Å²) in [6.07, 6.45) is 2.91. The van der Waals surface area contributed by atoms with E-state index in [9.17, 15) is 14.4 Å². The largest absolute Gasteiger partial charge is 0.466 e. The van der Waals surface area contributed by atoms with Gasteiger partial charge in [-0.15, -0.1) is 0 Å². The van der Waals surface area contributed by atoms with Crippen molar-refractivity contribution in [2.45, 2.75) is 32.7 Å². The van der Waals surface area contributed by atoms with Crippen molar-refractivity contribution in [3.05, 3.63) is 71.3 Å². The van der Waals surface area contributed by atoms with Gasteiger partial charge in [0.1, 0.15) is 6.04 Å². The Morgan fingerprint density at radius 2 is 1.81 bits per heavy atom. The molecule has 32 heavy (non-hydrogen) atoms. The lowest BCUT2D eigenvalue weighted by molar-refractivity contribution is -0.147. The summed E-state index contributed by atoms with van der Waals surface area (Å²) in [5, 5.41) is 5.70. The molecule has 172 valence electrons. The maximum Gasteiger partial charge on any atom is 0.311 e. The molecule has 2 unspecified atom stereocenters. The zero-order chi connectivity index (χ0) is 23.3. The smallest absolute Gasteiger partial charge is 0.311 e. The van der Waals surface area contributed by atoms with Crippen LogP contribution in [-0.4, -0.2) is 49.0 Å². The standard InChI is InChI=1S/C25H32N2O4S/c1-4-31-25(30)21(16-19-10-6-5-7-11-19)17-26-24(29)22(13-14-32-3)27-23(28)20-12-8-9-18(2)15-20/h5-12,15,21-22H,4,13-14,16-17H2,1-3H3,(H,26,29)(H,27,28). The number of benzene rings is 2. The van der Waals surface area contributed by atoms with Crippen LogP contribution in [0.2, 0.25) is 0 Å². The van der Waals surface area contributed by atoms with E-state index in [1.54, 1.807) is 30.8 Å². The fourth-order valence-electron chi connectivity index (χ4n) is 3.28.